The molecule has 0 aromatic heterocycles. The summed E-state index contributed by atoms with van der Waals surface area (Å²) in [5, 5.41) is 2.91. The molecule has 0 aliphatic carbocycles. The topological polar surface area (TPSA) is 58.4 Å². The van der Waals surface area contributed by atoms with Crippen molar-refractivity contribution in [3.63, 3.8) is 0 Å². The number of carbonyl (C=O) groups excluding carboxylic acids is 1. The Kier molecular flexibility index (Phi) is 6.52. The number of nitrogens with two attached hydrogens (primary N) is 1. The van der Waals surface area contributed by atoms with Gasteiger partial charge in [-0.25, -0.2) is 0 Å². The number of nitrogens with zero attached hydrogens (tertiary/aromatic N) is 1. The van der Waals surface area contributed by atoms with E-state index in [4.69, 9.17) is 5.73 Å². The maximum atomic E-state index is 11.7. The molecule has 0 saturated carbocycles. The molecule has 0 aliphatic heterocycles. The lowest BCUT2D eigenvalue weighted by molar-refractivity contribution is -0.125. The van der Waals surface area contributed by atoms with Crippen LogP contribution in [0.4, 0.5) is 0 Å². The van der Waals surface area contributed by atoms with Gasteiger partial charge < -0.3 is 11.1 Å². The Labute approximate surface area is 93.2 Å². The Bertz CT molecular complexity index is 192. The predicted octanol–water partition coefficient (Wildman–Crippen LogP) is 0.426. The summed E-state index contributed by atoms with van der Waals surface area (Å²) in [6.07, 6.45) is 0. The van der Waals surface area contributed by atoms with Gasteiger partial charge in [0.2, 0.25) is 5.91 Å². The third-order valence-corrected chi connectivity index (χ3v) is 2.30. The average Bonchev–Trinajstić information content (AvgIpc) is 2.11. The Morgan fingerprint density at radius 1 is 1.33 bits per heavy atom. The minimum atomic E-state index is -0.116. The maximum Gasteiger partial charge on any atom is 0.237 e. The summed E-state index contributed by atoms with van der Waals surface area (Å²) < 4.78 is 0. The molecule has 0 spiro atoms. The van der Waals surface area contributed by atoms with Crippen molar-refractivity contribution in [2.75, 3.05) is 20.1 Å². The highest BCUT2D eigenvalue weighted by Crippen LogP contribution is 1.97. The molecule has 15 heavy (non-hydrogen) atoms. The van der Waals surface area contributed by atoms with E-state index in [-0.39, 0.29) is 18.0 Å². The monoisotopic (exact) mass is 215 g/mol. The van der Waals surface area contributed by atoms with Crippen LogP contribution in [-0.2, 0) is 4.79 Å². The first-order valence-corrected chi connectivity index (χ1v) is 5.58. The highest BCUT2D eigenvalue weighted by Gasteiger charge is 2.18. The minimum Gasteiger partial charge on any atom is -0.354 e. The zero-order valence-electron chi connectivity index (χ0n) is 10.6. The molecule has 0 rings (SSSR count). The number of likely N-dealkylation sites (N-methyl/N-ethyl adjacent to an activating group) is 1. The van der Waals surface area contributed by atoms with Crippen molar-refractivity contribution >= 4 is 5.91 Å². The number of hydrogen-bond acceptors (Lipinski definition) is 3. The first-order valence-electron chi connectivity index (χ1n) is 5.58. The molecule has 0 aliphatic rings. The fourth-order valence-electron chi connectivity index (χ4n) is 1.26. The van der Waals surface area contributed by atoms with Gasteiger partial charge in [0.25, 0.3) is 0 Å². The van der Waals surface area contributed by atoms with E-state index < -0.39 is 0 Å². The third-order valence-electron chi connectivity index (χ3n) is 2.30. The summed E-state index contributed by atoms with van der Waals surface area (Å²) >= 11 is 0. The molecule has 2 unspecified atom stereocenters. The van der Waals surface area contributed by atoms with Gasteiger partial charge in [-0.15, -0.1) is 0 Å². The summed E-state index contributed by atoms with van der Waals surface area (Å²) in [5.41, 5.74) is 5.68. The second kappa shape index (κ2) is 6.80. The predicted molar refractivity (Wildman–Crippen MR) is 63.6 cm³/mol. The number of hydrogen-bond donors (Lipinski definition) is 2. The zero-order chi connectivity index (χ0) is 12.0. The average molecular weight is 215 g/mol. The Morgan fingerprint density at radius 3 is 2.27 bits per heavy atom. The lowest BCUT2D eigenvalue weighted by Crippen LogP contribution is -2.47. The van der Waals surface area contributed by atoms with Crippen LogP contribution in [-0.4, -0.2) is 43.0 Å². The molecule has 90 valence electrons. The summed E-state index contributed by atoms with van der Waals surface area (Å²) in [6.45, 7) is 9.46. The Balaban J connectivity index is 3.96. The largest absolute Gasteiger partial charge is 0.354 e. The van der Waals surface area contributed by atoms with Crippen molar-refractivity contribution in [1.82, 2.24) is 10.2 Å². The molecule has 2 atom stereocenters. The van der Waals surface area contributed by atoms with E-state index in [1.54, 1.807) is 0 Å². The van der Waals surface area contributed by atoms with Crippen LogP contribution < -0.4 is 11.1 Å². The molecule has 0 aromatic rings. The van der Waals surface area contributed by atoms with E-state index >= 15 is 0 Å². The van der Waals surface area contributed by atoms with Gasteiger partial charge in [0, 0.05) is 19.1 Å². The van der Waals surface area contributed by atoms with Crippen LogP contribution in [0.25, 0.3) is 0 Å². The lowest BCUT2D eigenvalue weighted by Gasteiger charge is -2.25. The number of amides is 1. The molecular weight excluding hydrogens is 190 g/mol. The van der Waals surface area contributed by atoms with Gasteiger partial charge in [-0.2, -0.15) is 0 Å². The lowest BCUT2D eigenvalue weighted by atomic mass is 10.2. The normalized spacial score (nSPS) is 15.5. The maximum absolute atomic E-state index is 11.7. The van der Waals surface area contributed by atoms with Crippen molar-refractivity contribution in [3.05, 3.63) is 0 Å². The van der Waals surface area contributed by atoms with E-state index in [1.165, 1.54) is 0 Å². The highest BCUT2D eigenvalue weighted by molar-refractivity contribution is 5.81. The van der Waals surface area contributed by atoms with Crippen molar-refractivity contribution in [1.29, 1.82) is 0 Å². The Morgan fingerprint density at radius 2 is 1.87 bits per heavy atom. The standard InChI is InChI=1S/C11H25N3O/c1-8(2)6-13-11(15)10(4)14(5)7-9(3)12/h8-10H,6-7,12H2,1-5H3,(H,13,15). The van der Waals surface area contributed by atoms with Crippen LogP contribution in [0.15, 0.2) is 0 Å². The molecule has 0 radical (unpaired) electrons. The molecule has 1 amide bonds. The van der Waals surface area contributed by atoms with Crippen LogP contribution >= 0.6 is 0 Å². The van der Waals surface area contributed by atoms with Crippen LogP contribution in [0.1, 0.15) is 27.7 Å². The van der Waals surface area contributed by atoms with Crippen molar-refractivity contribution in [3.8, 4) is 0 Å². The molecule has 4 nitrogen and oxygen atoms in total. The molecule has 0 aromatic carbocycles. The Hall–Kier alpha value is -0.610. The van der Waals surface area contributed by atoms with Gasteiger partial charge in [-0.05, 0) is 26.8 Å². The number of carbonyl (C=O) groups is 1. The third kappa shape index (κ3) is 6.47. The van der Waals surface area contributed by atoms with Crippen molar-refractivity contribution in [2.24, 2.45) is 11.7 Å². The van der Waals surface area contributed by atoms with E-state index in [2.05, 4.69) is 19.2 Å². The second-order valence-electron chi connectivity index (χ2n) is 4.73. The van der Waals surface area contributed by atoms with Gasteiger partial charge in [0.1, 0.15) is 0 Å². The summed E-state index contributed by atoms with van der Waals surface area (Å²) in [6, 6.07) is -0.0231. The van der Waals surface area contributed by atoms with Gasteiger partial charge in [-0.3, -0.25) is 9.69 Å². The highest BCUT2D eigenvalue weighted by atomic mass is 16.2. The van der Waals surface area contributed by atoms with E-state index in [0.717, 1.165) is 13.1 Å². The van der Waals surface area contributed by atoms with Gasteiger partial charge in [0.05, 0.1) is 6.04 Å². The van der Waals surface area contributed by atoms with E-state index in [0.29, 0.717) is 5.92 Å². The molecule has 0 fully saturated rings. The molecule has 4 heteroatoms. The van der Waals surface area contributed by atoms with E-state index in [9.17, 15) is 4.79 Å². The quantitative estimate of drug-likeness (QED) is 0.675. The van der Waals surface area contributed by atoms with Gasteiger partial charge >= 0.3 is 0 Å². The fourth-order valence-corrected chi connectivity index (χ4v) is 1.26. The minimum absolute atomic E-state index is 0.0758. The summed E-state index contributed by atoms with van der Waals surface area (Å²) in [7, 11) is 1.92. The first-order chi connectivity index (χ1) is 6.84. The zero-order valence-corrected chi connectivity index (χ0v) is 10.6. The number of rotatable bonds is 6. The number of nitrogens with one attached hydrogen (secondary N) is 1. The first kappa shape index (κ1) is 14.4. The van der Waals surface area contributed by atoms with Gasteiger partial charge in [0.15, 0.2) is 0 Å². The molecule has 3 N–H and O–H groups in total. The molecule has 0 saturated heterocycles. The smallest absolute Gasteiger partial charge is 0.237 e. The summed E-state index contributed by atoms with van der Waals surface area (Å²) in [5.74, 6) is 0.562. The molecular formula is C11H25N3O. The van der Waals surface area contributed by atoms with Crippen LogP contribution in [0.2, 0.25) is 0 Å². The van der Waals surface area contributed by atoms with Crippen LogP contribution in [0, 0.1) is 5.92 Å². The van der Waals surface area contributed by atoms with Gasteiger partial charge in [-0.1, -0.05) is 13.8 Å². The van der Waals surface area contributed by atoms with E-state index in [1.807, 2.05) is 25.8 Å². The SMILES string of the molecule is CC(C)CNC(=O)C(C)N(C)CC(C)N. The van der Waals surface area contributed by atoms with Crippen molar-refractivity contribution in [2.45, 2.75) is 39.8 Å². The van der Waals surface area contributed by atoms with Crippen LogP contribution in [0.5, 0.6) is 0 Å². The molecule has 0 bridgehead atoms. The van der Waals surface area contributed by atoms with Crippen LogP contribution in [0.3, 0.4) is 0 Å². The summed E-state index contributed by atoms with van der Waals surface area (Å²) in [4.78, 5) is 13.6. The molecule has 0 heterocycles. The second-order valence-corrected chi connectivity index (χ2v) is 4.73. The fraction of sp³-hybridized carbons (Fsp3) is 0.909. The van der Waals surface area contributed by atoms with Crippen molar-refractivity contribution < 1.29 is 4.79 Å².